The van der Waals surface area contributed by atoms with Gasteiger partial charge < -0.3 is 9.47 Å². The Morgan fingerprint density at radius 1 is 1.21 bits per heavy atom. The monoisotopic (exact) mass is 326 g/mol. The van der Waals surface area contributed by atoms with Crippen LogP contribution in [0, 0.1) is 0 Å². The number of rotatable bonds is 6. The fourth-order valence-corrected chi connectivity index (χ4v) is 3.50. The Kier molecular flexibility index (Phi) is 5.62. The molecule has 0 unspecified atom stereocenters. The number of hydrogen-bond donors (Lipinski definition) is 0. The minimum absolute atomic E-state index is 0.260. The lowest BCUT2D eigenvalue weighted by atomic mass is 9.95. The fraction of sp³-hybridized carbons (Fsp3) is 0.526. The van der Waals surface area contributed by atoms with Crippen molar-refractivity contribution in [3.05, 3.63) is 48.0 Å². The Bertz CT molecular complexity index is 652. The molecular weight excluding hydrogens is 300 g/mol. The molecule has 0 aliphatic carbocycles. The number of carbonyl (C=O) groups is 1. The van der Waals surface area contributed by atoms with E-state index in [2.05, 4.69) is 39.4 Å². The van der Waals surface area contributed by atoms with Crippen molar-refractivity contribution >= 4 is 5.91 Å². The molecule has 1 fully saturated rings. The maximum Gasteiger partial charge on any atom is 0.223 e. The molecule has 0 N–H and O–H groups in total. The standard InChI is InChI=1S/C19H26N4O/c1-22-15-20-21-18(22)12-13-19(24)23-14-6-5-9-17(23)11-10-16-7-3-2-4-8-16/h2-4,7-8,15,17H,5-6,9-14H2,1H3/t17-/m0/s1. The van der Waals surface area contributed by atoms with Gasteiger partial charge in [0.2, 0.25) is 5.91 Å². The second-order valence-corrected chi connectivity index (χ2v) is 6.62. The van der Waals surface area contributed by atoms with Crippen molar-refractivity contribution in [1.29, 1.82) is 0 Å². The molecule has 1 aromatic heterocycles. The number of aryl methyl sites for hydroxylation is 3. The van der Waals surface area contributed by atoms with Crippen LogP contribution in [-0.4, -0.2) is 38.2 Å². The summed E-state index contributed by atoms with van der Waals surface area (Å²) in [6.07, 6.45) is 8.44. The summed E-state index contributed by atoms with van der Waals surface area (Å²) in [6.45, 7) is 0.900. The summed E-state index contributed by atoms with van der Waals surface area (Å²) in [6, 6.07) is 10.9. The Hall–Kier alpha value is -2.17. The maximum atomic E-state index is 12.7. The van der Waals surface area contributed by atoms with Gasteiger partial charge in [0.25, 0.3) is 0 Å². The molecule has 0 spiro atoms. The van der Waals surface area contributed by atoms with Crippen LogP contribution in [0.2, 0.25) is 0 Å². The van der Waals surface area contributed by atoms with E-state index in [-0.39, 0.29) is 5.91 Å². The predicted octanol–water partition coefficient (Wildman–Crippen LogP) is 2.76. The minimum Gasteiger partial charge on any atom is -0.340 e. The number of hydrogen-bond acceptors (Lipinski definition) is 3. The van der Waals surface area contributed by atoms with Crippen molar-refractivity contribution in [2.24, 2.45) is 7.05 Å². The normalized spacial score (nSPS) is 17.9. The van der Waals surface area contributed by atoms with Gasteiger partial charge in [-0.3, -0.25) is 4.79 Å². The van der Waals surface area contributed by atoms with E-state index in [0.717, 1.165) is 38.1 Å². The van der Waals surface area contributed by atoms with Crippen LogP contribution in [0.25, 0.3) is 0 Å². The molecule has 2 aromatic rings. The summed E-state index contributed by atoms with van der Waals surface area (Å²) < 4.78 is 1.89. The van der Waals surface area contributed by atoms with Crippen molar-refractivity contribution in [2.75, 3.05) is 6.54 Å². The van der Waals surface area contributed by atoms with Crippen LogP contribution in [0.4, 0.5) is 0 Å². The molecule has 1 amide bonds. The number of benzene rings is 1. The van der Waals surface area contributed by atoms with Crippen molar-refractivity contribution in [2.45, 2.75) is 51.0 Å². The molecule has 1 saturated heterocycles. The third-order valence-corrected chi connectivity index (χ3v) is 4.92. The Labute approximate surface area is 143 Å². The van der Waals surface area contributed by atoms with Crippen molar-refractivity contribution in [3.8, 4) is 0 Å². The molecule has 128 valence electrons. The van der Waals surface area contributed by atoms with E-state index < -0.39 is 0 Å². The highest BCUT2D eigenvalue weighted by atomic mass is 16.2. The third kappa shape index (κ3) is 4.22. The number of amides is 1. The minimum atomic E-state index is 0.260. The Balaban J connectivity index is 1.55. The molecule has 1 aliphatic heterocycles. The van der Waals surface area contributed by atoms with Crippen LogP contribution in [0.1, 0.15) is 43.5 Å². The molecule has 1 aliphatic rings. The first-order valence-corrected chi connectivity index (χ1v) is 8.90. The number of likely N-dealkylation sites (tertiary alicyclic amines) is 1. The fourth-order valence-electron chi connectivity index (χ4n) is 3.50. The van der Waals surface area contributed by atoms with Crippen LogP contribution in [0.15, 0.2) is 36.7 Å². The topological polar surface area (TPSA) is 51.0 Å². The summed E-state index contributed by atoms with van der Waals surface area (Å²) in [5.74, 6) is 1.14. The molecule has 0 radical (unpaired) electrons. The average molecular weight is 326 g/mol. The Morgan fingerprint density at radius 3 is 2.79 bits per heavy atom. The van der Waals surface area contributed by atoms with Crippen molar-refractivity contribution in [1.82, 2.24) is 19.7 Å². The van der Waals surface area contributed by atoms with Gasteiger partial charge in [0.15, 0.2) is 0 Å². The number of nitrogens with zero attached hydrogens (tertiary/aromatic N) is 4. The Morgan fingerprint density at radius 2 is 2.04 bits per heavy atom. The molecule has 0 bridgehead atoms. The summed E-state index contributed by atoms with van der Waals surface area (Å²) >= 11 is 0. The van der Waals surface area contributed by atoms with Gasteiger partial charge in [-0.05, 0) is 37.7 Å². The second-order valence-electron chi connectivity index (χ2n) is 6.62. The molecule has 2 heterocycles. The molecule has 0 saturated carbocycles. The van der Waals surface area contributed by atoms with Crippen LogP contribution < -0.4 is 0 Å². The lowest BCUT2D eigenvalue weighted by Gasteiger charge is -2.36. The van der Waals surface area contributed by atoms with E-state index in [1.807, 2.05) is 17.7 Å². The smallest absolute Gasteiger partial charge is 0.223 e. The first-order valence-electron chi connectivity index (χ1n) is 8.90. The number of carbonyl (C=O) groups excluding carboxylic acids is 1. The van der Waals surface area contributed by atoms with Crippen molar-refractivity contribution in [3.63, 3.8) is 0 Å². The average Bonchev–Trinajstić information content (AvgIpc) is 3.04. The maximum absolute atomic E-state index is 12.7. The SMILES string of the molecule is Cn1cnnc1CCC(=O)N1CCCC[C@H]1CCc1ccccc1. The number of aromatic nitrogens is 3. The third-order valence-electron chi connectivity index (χ3n) is 4.92. The van der Waals surface area contributed by atoms with E-state index in [4.69, 9.17) is 0 Å². The van der Waals surface area contributed by atoms with Crippen LogP contribution >= 0.6 is 0 Å². The molecular formula is C19H26N4O. The summed E-state index contributed by atoms with van der Waals surface area (Å²) in [5, 5.41) is 7.95. The zero-order valence-corrected chi connectivity index (χ0v) is 14.4. The van der Waals surface area contributed by atoms with Gasteiger partial charge in [0.1, 0.15) is 12.2 Å². The molecule has 3 rings (SSSR count). The lowest BCUT2D eigenvalue weighted by molar-refractivity contribution is -0.135. The van der Waals surface area contributed by atoms with E-state index in [0.29, 0.717) is 18.9 Å². The lowest BCUT2D eigenvalue weighted by Crippen LogP contribution is -2.44. The van der Waals surface area contributed by atoms with Crippen LogP contribution in [0.3, 0.4) is 0 Å². The quantitative estimate of drug-likeness (QED) is 0.820. The van der Waals surface area contributed by atoms with Gasteiger partial charge in [-0.15, -0.1) is 10.2 Å². The highest BCUT2D eigenvalue weighted by molar-refractivity contribution is 5.76. The van der Waals surface area contributed by atoms with Crippen LogP contribution in [0.5, 0.6) is 0 Å². The van der Waals surface area contributed by atoms with E-state index in [1.165, 1.54) is 12.0 Å². The molecule has 5 nitrogen and oxygen atoms in total. The summed E-state index contributed by atoms with van der Waals surface area (Å²) in [5.41, 5.74) is 1.36. The summed E-state index contributed by atoms with van der Waals surface area (Å²) in [7, 11) is 1.92. The molecule has 1 aromatic carbocycles. The highest BCUT2D eigenvalue weighted by Crippen LogP contribution is 2.22. The number of piperidine rings is 1. The molecule has 1 atom stereocenters. The predicted molar refractivity (Wildman–Crippen MR) is 93.4 cm³/mol. The van der Waals surface area contributed by atoms with E-state index in [1.54, 1.807) is 6.33 Å². The highest BCUT2D eigenvalue weighted by Gasteiger charge is 2.26. The van der Waals surface area contributed by atoms with Gasteiger partial charge >= 0.3 is 0 Å². The van der Waals surface area contributed by atoms with Gasteiger partial charge in [0, 0.05) is 32.5 Å². The molecule has 24 heavy (non-hydrogen) atoms. The summed E-state index contributed by atoms with van der Waals surface area (Å²) in [4.78, 5) is 14.8. The zero-order valence-electron chi connectivity index (χ0n) is 14.4. The van der Waals surface area contributed by atoms with Gasteiger partial charge in [0.05, 0.1) is 0 Å². The van der Waals surface area contributed by atoms with Gasteiger partial charge in [-0.1, -0.05) is 30.3 Å². The first kappa shape index (κ1) is 16.7. The van der Waals surface area contributed by atoms with Gasteiger partial charge in [-0.25, -0.2) is 0 Å². The van der Waals surface area contributed by atoms with Crippen molar-refractivity contribution < 1.29 is 4.79 Å². The largest absolute Gasteiger partial charge is 0.340 e. The van der Waals surface area contributed by atoms with Gasteiger partial charge in [-0.2, -0.15) is 0 Å². The van der Waals surface area contributed by atoms with Crippen LogP contribution in [-0.2, 0) is 24.7 Å². The molecule has 5 heteroatoms. The second kappa shape index (κ2) is 8.08. The first-order chi connectivity index (χ1) is 11.7. The zero-order chi connectivity index (χ0) is 16.8. The van der Waals surface area contributed by atoms with E-state index >= 15 is 0 Å². The van der Waals surface area contributed by atoms with E-state index in [9.17, 15) is 4.79 Å².